The van der Waals surface area contributed by atoms with Crippen LogP contribution in [-0.4, -0.2) is 11.4 Å². The molecule has 1 N–H and O–H groups in total. The van der Waals surface area contributed by atoms with E-state index in [9.17, 15) is 9.90 Å². The summed E-state index contributed by atoms with van der Waals surface area (Å²) in [7, 11) is 0. The van der Waals surface area contributed by atoms with E-state index in [2.05, 4.69) is 6.92 Å². The molecule has 0 bridgehead atoms. The molecule has 0 saturated carbocycles. The Morgan fingerprint density at radius 3 is 2.74 bits per heavy atom. The minimum absolute atomic E-state index is 0.400. The maximum absolute atomic E-state index is 10.8. The van der Waals surface area contributed by atoms with Crippen molar-refractivity contribution in [3.8, 4) is 5.75 Å². The maximum Gasteiger partial charge on any atom is 0.150 e. The molecule has 0 radical (unpaired) electrons. The van der Waals surface area contributed by atoms with Crippen LogP contribution in [0, 0.1) is 0 Å². The molecule has 0 heterocycles. The first-order valence-corrected chi connectivity index (χ1v) is 8.18. The predicted molar refractivity (Wildman–Crippen MR) is 91.7 cm³/mol. The van der Waals surface area contributed by atoms with E-state index in [1.54, 1.807) is 6.07 Å². The molecule has 2 aromatic carbocycles. The van der Waals surface area contributed by atoms with Crippen molar-refractivity contribution in [3.05, 3.63) is 65.2 Å². The van der Waals surface area contributed by atoms with Gasteiger partial charge in [0.15, 0.2) is 0 Å². The van der Waals surface area contributed by atoms with Crippen molar-refractivity contribution in [2.75, 3.05) is 0 Å². The van der Waals surface area contributed by atoms with Gasteiger partial charge in [0.05, 0.1) is 6.10 Å². The molecule has 23 heavy (non-hydrogen) atoms. The third kappa shape index (κ3) is 5.53. The molecule has 3 heteroatoms. The van der Waals surface area contributed by atoms with Crippen LogP contribution in [0.4, 0.5) is 0 Å². The number of hydrogen-bond acceptors (Lipinski definition) is 3. The van der Waals surface area contributed by atoms with Crippen molar-refractivity contribution in [1.82, 2.24) is 0 Å². The first-order chi connectivity index (χ1) is 11.2. The third-order valence-electron chi connectivity index (χ3n) is 3.82. The summed E-state index contributed by atoms with van der Waals surface area (Å²) in [6, 6.07) is 14.9. The zero-order chi connectivity index (χ0) is 16.5. The van der Waals surface area contributed by atoms with Crippen LogP contribution >= 0.6 is 0 Å². The number of aldehydes is 1. The molecule has 122 valence electrons. The van der Waals surface area contributed by atoms with Gasteiger partial charge in [-0.25, -0.2) is 0 Å². The summed E-state index contributed by atoms with van der Waals surface area (Å²) in [6.45, 7) is 2.55. The highest BCUT2D eigenvalue weighted by molar-refractivity contribution is 5.74. The number of unbranched alkanes of at least 4 members (excludes halogenated alkanes) is 2. The van der Waals surface area contributed by atoms with Gasteiger partial charge in [0, 0.05) is 5.56 Å². The molecule has 1 unspecified atom stereocenters. The molecule has 0 aliphatic rings. The summed E-state index contributed by atoms with van der Waals surface area (Å²) in [5.41, 5.74) is 2.48. The Kier molecular flexibility index (Phi) is 6.82. The summed E-state index contributed by atoms with van der Waals surface area (Å²) in [5.74, 6) is 0.730. The average molecular weight is 312 g/mol. The van der Waals surface area contributed by atoms with E-state index in [4.69, 9.17) is 4.74 Å². The van der Waals surface area contributed by atoms with Gasteiger partial charge >= 0.3 is 0 Å². The van der Waals surface area contributed by atoms with E-state index in [-0.39, 0.29) is 0 Å². The molecule has 1 atom stereocenters. The van der Waals surface area contributed by atoms with E-state index in [0.29, 0.717) is 12.2 Å². The number of rotatable bonds is 9. The molecule has 2 aromatic rings. The lowest BCUT2D eigenvalue weighted by Crippen LogP contribution is -2.00. The maximum atomic E-state index is 10.8. The topological polar surface area (TPSA) is 46.5 Å². The van der Waals surface area contributed by atoms with E-state index >= 15 is 0 Å². The Hall–Kier alpha value is -2.13. The van der Waals surface area contributed by atoms with Crippen LogP contribution in [0.3, 0.4) is 0 Å². The first-order valence-electron chi connectivity index (χ1n) is 8.18. The van der Waals surface area contributed by atoms with E-state index in [1.165, 1.54) is 0 Å². The summed E-state index contributed by atoms with van der Waals surface area (Å²) in [5, 5.41) is 10.2. The van der Waals surface area contributed by atoms with Crippen molar-refractivity contribution < 1.29 is 14.6 Å². The van der Waals surface area contributed by atoms with Gasteiger partial charge in [-0.15, -0.1) is 0 Å². The fourth-order valence-electron chi connectivity index (χ4n) is 2.49. The number of ether oxygens (including phenoxy) is 1. The molecular weight excluding hydrogens is 288 g/mol. The standard InChI is InChI=1S/C20H24O3/c1-2-3-4-11-20(22)18-9-6-10-19(13-18)23-15-17-8-5-7-16(12-17)14-21/h5-10,12-14,20,22H,2-4,11,15H2,1H3. The van der Waals surface area contributed by atoms with Crippen LogP contribution < -0.4 is 4.74 Å². The zero-order valence-electron chi connectivity index (χ0n) is 13.6. The Labute approximate surface area is 137 Å². The quantitative estimate of drug-likeness (QED) is 0.539. The van der Waals surface area contributed by atoms with Gasteiger partial charge in [0.25, 0.3) is 0 Å². The highest BCUT2D eigenvalue weighted by Crippen LogP contribution is 2.24. The highest BCUT2D eigenvalue weighted by atomic mass is 16.5. The second-order valence-corrected chi connectivity index (χ2v) is 5.74. The number of aliphatic hydroxyl groups is 1. The van der Waals surface area contributed by atoms with E-state index < -0.39 is 6.10 Å². The minimum Gasteiger partial charge on any atom is -0.489 e. The number of carbonyl (C=O) groups is 1. The molecular formula is C20H24O3. The van der Waals surface area contributed by atoms with Gasteiger partial charge in [-0.05, 0) is 35.7 Å². The summed E-state index contributed by atoms with van der Waals surface area (Å²) in [4.78, 5) is 10.8. The van der Waals surface area contributed by atoms with Crippen molar-refractivity contribution in [2.24, 2.45) is 0 Å². The second-order valence-electron chi connectivity index (χ2n) is 5.74. The van der Waals surface area contributed by atoms with Gasteiger partial charge in [-0.3, -0.25) is 4.79 Å². The van der Waals surface area contributed by atoms with Crippen LogP contribution in [-0.2, 0) is 6.61 Å². The smallest absolute Gasteiger partial charge is 0.150 e. The Morgan fingerprint density at radius 1 is 1.13 bits per heavy atom. The monoisotopic (exact) mass is 312 g/mol. The number of benzene rings is 2. The highest BCUT2D eigenvalue weighted by Gasteiger charge is 2.08. The largest absolute Gasteiger partial charge is 0.489 e. The van der Waals surface area contributed by atoms with Gasteiger partial charge < -0.3 is 9.84 Å². The molecule has 0 aromatic heterocycles. The van der Waals surface area contributed by atoms with E-state index in [0.717, 1.165) is 48.8 Å². The molecule has 2 rings (SSSR count). The predicted octanol–water partition coefficient (Wildman–Crippen LogP) is 4.69. The van der Waals surface area contributed by atoms with Crippen LogP contribution in [0.1, 0.15) is 60.2 Å². The minimum atomic E-state index is -0.441. The molecule has 0 saturated heterocycles. The SMILES string of the molecule is CCCCCC(O)c1cccc(OCc2cccc(C=O)c2)c1. The van der Waals surface area contributed by atoms with Crippen molar-refractivity contribution in [1.29, 1.82) is 0 Å². The Morgan fingerprint density at radius 2 is 1.96 bits per heavy atom. The average Bonchev–Trinajstić information content (AvgIpc) is 2.60. The molecule has 0 aliphatic heterocycles. The van der Waals surface area contributed by atoms with Crippen LogP contribution in [0.2, 0.25) is 0 Å². The zero-order valence-corrected chi connectivity index (χ0v) is 13.6. The third-order valence-corrected chi connectivity index (χ3v) is 3.82. The van der Waals surface area contributed by atoms with E-state index in [1.807, 2.05) is 42.5 Å². The van der Waals surface area contributed by atoms with Crippen molar-refractivity contribution in [2.45, 2.75) is 45.3 Å². The molecule has 0 fully saturated rings. The van der Waals surface area contributed by atoms with Crippen molar-refractivity contribution in [3.63, 3.8) is 0 Å². The molecule has 0 aliphatic carbocycles. The fraction of sp³-hybridized carbons (Fsp3) is 0.350. The molecule has 0 spiro atoms. The number of carbonyl (C=O) groups excluding carboxylic acids is 1. The second kappa shape index (κ2) is 9.11. The normalized spacial score (nSPS) is 11.9. The summed E-state index contributed by atoms with van der Waals surface area (Å²) in [6.07, 6.45) is 4.48. The lowest BCUT2D eigenvalue weighted by molar-refractivity contribution is 0.112. The molecule has 3 nitrogen and oxygen atoms in total. The first kappa shape index (κ1) is 17.2. The van der Waals surface area contributed by atoms with Gasteiger partial charge in [0.2, 0.25) is 0 Å². The summed E-state index contributed by atoms with van der Waals surface area (Å²) < 4.78 is 5.78. The van der Waals surface area contributed by atoms with Gasteiger partial charge in [0.1, 0.15) is 18.6 Å². The van der Waals surface area contributed by atoms with Crippen molar-refractivity contribution >= 4 is 6.29 Å². The fourth-order valence-corrected chi connectivity index (χ4v) is 2.49. The van der Waals surface area contributed by atoms with Crippen LogP contribution in [0.25, 0.3) is 0 Å². The van der Waals surface area contributed by atoms with Crippen LogP contribution in [0.5, 0.6) is 5.75 Å². The Bertz CT molecular complexity index is 622. The van der Waals surface area contributed by atoms with Gasteiger partial charge in [-0.1, -0.05) is 56.5 Å². The Balaban J connectivity index is 1.95. The lowest BCUT2D eigenvalue weighted by Gasteiger charge is -2.13. The lowest BCUT2D eigenvalue weighted by atomic mass is 10.0. The number of hydrogen-bond donors (Lipinski definition) is 1. The number of aliphatic hydroxyl groups excluding tert-OH is 1. The van der Waals surface area contributed by atoms with Gasteiger partial charge in [-0.2, -0.15) is 0 Å². The molecule has 0 amide bonds. The summed E-state index contributed by atoms with van der Waals surface area (Å²) >= 11 is 0. The van der Waals surface area contributed by atoms with Crippen LogP contribution in [0.15, 0.2) is 48.5 Å².